The fourth-order valence-corrected chi connectivity index (χ4v) is 2.62. The van der Waals surface area contributed by atoms with Crippen molar-refractivity contribution in [2.45, 2.75) is 13.0 Å². The molecule has 0 unspecified atom stereocenters. The Bertz CT molecular complexity index is 857. The minimum absolute atomic E-state index is 0.383. The number of aryl methyl sites for hydroxylation is 1. The summed E-state index contributed by atoms with van der Waals surface area (Å²) >= 11 is 5.56. The molecule has 0 aliphatic rings. The van der Waals surface area contributed by atoms with E-state index in [2.05, 4.69) is 11.2 Å². The van der Waals surface area contributed by atoms with Crippen molar-refractivity contribution in [3.63, 3.8) is 0 Å². The summed E-state index contributed by atoms with van der Waals surface area (Å²) in [5, 5.41) is 13.4. The highest BCUT2D eigenvalue weighted by molar-refractivity contribution is 7.71. The van der Waals surface area contributed by atoms with Crippen molar-refractivity contribution in [2.24, 2.45) is 0 Å². The van der Waals surface area contributed by atoms with E-state index in [1.54, 1.807) is 4.68 Å². The Labute approximate surface area is 133 Å². The topological polar surface area (TPSA) is 46.5 Å². The van der Waals surface area contributed by atoms with Gasteiger partial charge in [0, 0.05) is 11.3 Å². The Balaban J connectivity index is 2.20. The standard InChI is InChI=1S/C17H14N4S/c18-12-7-13-20-17(22)21(15-10-5-2-6-11-15)16(19-20)14-8-3-1-4-9-14/h1-6,8-11H,7,13H2. The molecule has 1 aromatic heterocycles. The molecule has 0 amide bonds. The zero-order chi connectivity index (χ0) is 15.4. The third kappa shape index (κ3) is 2.69. The maximum absolute atomic E-state index is 8.80. The van der Waals surface area contributed by atoms with E-state index in [9.17, 15) is 0 Å². The van der Waals surface area contributed by atoms with Gasteiger partial charge in [-0.15, -0.1) is 0 Å². The van der Waals surface area contributed by atoms with Crippen molar-refractivity contribution in [2.75, 3.05) is 0 Å². The Hall–Kier alpha value is -2.71. The Morgan fingerprint density at radius 3 is 2.27 bits per heavy atom. The lowest BCUT2D eigenvalue weighted by Crippen LogP contribution is -2.01. The molecule has 0 saturated heterocycles. The average Bonchev–Trinajstić information content (AvgIpc) is 2.91. The number of benzene rings is 2. The molecule has 0 N–H and O–H groups in total. The van der Waals surface area contributed by atoms with E-state index in [0.29, 0.717) is 17.7 Å². The van der Waals surface area contributed by atoms with Crippen LogP contribution in [-0.2, 0) is 6.54 Å². The number of nitrogens with zero attached hydrogens (tertiary/aromatic N) is 4. The van der Waals surface area contributed by atoms with E-state index in [4.69, 9.17) is 17.5 Å². The van der Waals surface area contributed by atoms with Crippen molar-refractivity contribution in [3.05, 3.63) is 65.4 Å². The second-order valence-corrected chi connectivity index (χ2v) is 5.14. The molecule has 0 saturated carbocycles. The molecule has 108 valence electrons. The van der Waals surface area contributed by atoms with Crippen molar-refractivity contribution < 1.29 is 0 Å². The van der Waals surface area contributed by atoms with Gasteiger partial charge in [0.25, 0.3) is 0 Å². The lowest BCUT2D eigenvalue weighted by molar-refractivity contribution is 0.616. The predicted molar refractivity (Wildman–Crippen MR) is 88.1 cm³/mol. The number of hydrogen-bond donors (Lipinski definition) is 0. The summed E-state index contributed by atoms with van der Waals surface area (Å²) in [6.45, 7) is 0.495. The van der Waals surface area contributed by atoms with Gasteiger partial charge in [0.1, 0.15) is 0 Å². The largest absolute Gasteiger partial charge is 0.268 e. The number of rotatable bonds is 4. The number of nitriles is 1. The zero-order valence-corrected chi connectivity index (χ0v) is 12.7. The van der Waals surface area contributed by atoms with E-state index in [1.807, 2.05) is 65.2 Å². The third-order valence-electron chi connectivity index (χ3n) is 3.32. The minimum atomic E-state index is 0.383. The van der Waals surface area contributed by atoms with Gasteiger partial charge in [0.15, 0.2) is 5.82 Å². The van der Waals surface area contributed by atoms with Gasteiger partial charge in [-0.3, -0.25) is 4.57 Å². The van der Waals surface area contributed by atoms with Gasteiger partial charge in [-0.05, 0) is 24.4 Å². The number of hydrogen-bond acceptors (Lipinski definition) is 3. The van der Waals surface area contributed by atoms with Crippen LogP contribution < -0.4 is 0 Å². The van der Waals surface area contributed by atoms with Gasteiger partial charge < -0.3 is 0 Å². The SMILES string of the molecule is N#CCCn1nc(-c2ccccc2)n(-c2ccccc2)c1=S. The first kappa shape index (κ1) is 14.2. The highest BCUT2D eigenvalue weighted by Crippen LogP contribution is 2.22. The summed E-state index contributed by atoms with van der Waals surface area (Å²) in [7, 11) is 0. The van der Waals surface area contributed by atoms with E-state index < -0.39 is 0 Å². The molecule has 3 rings (SSSR count). The highest BCUT2D eigenvalue weighted by Gasteiger charge is 2.13. The Morgan fingerprint density at radius 2 is 1.64 bits per heavy atom. The van der Waals surface area contributed by atoms with E-state index >= 15 is 0 Å². The van der Waals surface area contributed by atoms with Gasteiger partial charge in [0.2, 0.25) is 4.77 Å². The van der Waals surface area contributed by atoms with Crippen molar-refractivity contribution in [3.8, 4) is 23.1 Å². The molecule has 5 heteroatoms. The predicted octanol–water partition coefficient (Wildman–Crippen LogP) is 3.98. The molecule has 0 spiro atoms. The van der Waals surface area contributed by atoms with Crippen LogP contribution in [0.3, 0.4) is 0 Å². The van der Waals surface area contributed by atoms with Crippen molar-refractivity contribution in [1.29, 1.82) is 5.26 Å². The smallest absolute Gasteiger partial charge is 0.202 e. The van der Waals surface area contributed by atoms with Crippen LogP contribution in [0.5, 0.6) is 0 Å². The molecule has 0 radical (unpaired) electrons. The quantitative estimate of drug-likeness (QED) is 0.685. The second-order valence-electron chi connectivity index (χ2n) is 4.77. The molecule has 3 aromatic rings. The van der Waals surface area contributed by atoms with E-state index in [-0.39, 0.29) is 0 Å². The van der Waals surface area contributed by atoms with Crippen LogP contribution >= 0.6 is 12.2 Å². The van der Waals surface area contributed by atoms with Gasteiger partial charge in [-0.25, -0.2) is 4.68 Å². The average molecular weight is 306 g/mol. The van der Waals surface area contributed by atoms with Crippen LogP contribution in [0.1, 0.15) is 6.42 Å². The fourth-order valence-electron chi connectivity index (χ4n) is 2.29. The van der Waals surface area contributed by atoms with Gasteiger partial charge in [0.05, 0.1) is 19.0 Å². The maximum atomic E-state index is 8.80. The van der Waals surface area contributed by atoms with Crippen LogP contribution in [0.15, 0.2) is 60.7 Å². The normalized spacial score (nSPS) is 10.3. The summed E-state index contributed by atoms with van der Waals surface area (Å²) in [5.74, 6) is 0.787. The monoisotopic (exact) mass is 306 g/mol. The molecule has 22 heavy (non-hydrogen) atoms. The summed E-state index contributed by atoms with van der Waals surface area (Å²) < 4.78 is 4.26. The maximum Gasteiger partial charge on any atom is 0.202 e. The van der Waals surface area contributed by atoms with Crippen LogP contribution in [0, 0.1) is 16.1 Å². The summed E-state index contributed by atoms with van der Waals surface area (Å²) in [5.41, 5.74) is 1.96. The van der Waals surface area contributed by atoms with Gasteiger partial charge in [-0.2, -0.15) is 10.4 Å². The molecule has 2 aromatic carbocycles. The first-order chi connectivity index (χ1) is 10.8. The van der Waals surface area contributed by atoms with Crippen LogP contribution in [-0.4, -0.2) is 14.3 Å². The van der Waals surface area contributed by atoms with E-state index in [0.717, 1.165) is 17.1 Å². The summed E-state index contributed by atoms with van der Waals surface area (Å²) in [6.07, 6.45) is 0.383. The molecular weight excluding hydrogens is 292 g/mol. The van der Waals surface area contributed by atoms with Crippen molar-refractivity contribution >= 4 is 12.2 Å². The molecule has 0 aliphatic carbocycles. The molecular formula is C17H14N4S. The van der Waals surface area contributed by atoms with Gasteiger partial charge >= 0.3 is 0 Å². The Kier molecular flexibility index (Phi) is 4.12. The minimum Gasteiger partial charge on any atom is -0.268 e. The van der Waals surface area contributed by atoms with Crippen LogP contribution in [0.4, 0.5) is 0 Å². The molecule has 0 aliphatic heterocycles. The molecule has 1 heterocycles. The fraction of sp³-hybridized carbons (Fsp3) is 0.118. The lowest BCUT2D eigenvalue weighted by Gasteiger charge is -2.06. The summed E-state index contributed by atoms with van der Waals surface area (Å²) in [6, 6.07) is 22.0. The van der Waals surface area contributed by atoms with Crippen LogP contribution in [0.25, 0.3) is 17.1 Å². The van der Waals surface area contributed by atoms with Gasteiger partial charge in [-0.1, -0.05) is 48.5 Å². The molecule has 0 atom stereocenters. The molecule has 0 fully saturated rings. The van der Waals surface area contributed by atoms with Crippen LogP contribution in [0.2, 0.25) is 0 Å². The lowest BCUT2D eigenvalue weighted by atomic mass is 10.2. The highest BCUT2D eigenvalue weighted by atomic mass is 32.1. The Morgan fingerprint density at radius 1 is 1.00 bits per heavy atom. The first-order valence-electron chi connectivity index (χ1n) is 6.99. The first-order valence-corrected chi connectivity index (χ1v) is 7.40. The number of aromatic nitrogens is 3. The number of para-hydroxylation sites is 1. The summed E-state index contributed by atoms with van der Waals surface area (Å²) in [4.78, 5) is 0. The zero-order valence-electron chi connectivity index (χ0n) is 11.9. The molecule has 0 bridgehead atoms. The van der Waals surface area contributed by atoms with Crippen molar-refractivity contribution in [1.82, 2.24) is 14.3 Å². The second kappa shape index (κ2) is 6.37. The van der Waals surface area contributed by atoms with E-state index in [1.165, 1.54) is 0 Å². The third-order valence-corrected chi connectivity index (χ3v) is 3.71. The molecule has 4 nitrogen and oxygen atoms in total.